The Balaban J connectivity index is 1.49. The molecule has 0 radical (unpaired) electrons. The minimum Gasteiger partial charge on any atom is -0.481 e. The topological polar surface area (TPSA) is 35.5 Å². The van der Waals surface area contributed by atoms with Gasteiger partial charge in [0, 0.05) is 34.1 Å². The second-order valence-corrected chi connectivity index (χ2v) is 10.1. The van der Waals surface area contributed by atoms with Gasteiger partial charge in [-0.25, -0.2) is 4.79 Å². The van der Waals surface area contributed by atoms with E-state index in [1.807, 2.05) is 13.8 Å². The molecule has 1 aliphatic carbocycles. The standard InChI is InChI=1S/C27H29O3S/c1-4-13-27(14-8-5-9-15-27)30-25(28)19-29-26-20(2)17-23(18-21(26)3)31-16-12-22-10-6-7-11-24(22)31/h6-7,10-12,16-18H,5,8-9,14-15,19H2,1-3H3/q+1. The van der Waals surface area contributed by atoms with Crippen molar-refractivity contribution in [2.45, 2.75) is 58.5 Å². The van der Waals surface area contributed by atoms with E-state index in [-0.39, 0.29) is 23.0 Å². The highest BCUT2D eigenvalue weighted by molar-refractivity contribution is 7.43. The molecule has 0 spiro atoms. The van der Waals surface area contributed by atoms with E-state index in [1.54, 1.807) is 6.92 Å². The van der Waals surface area contributed by atoms with Gasteiger partial charge in [-0.2, -0.15) is 0 Å². The van der Waals surface area contributed by atoms with Gasteiger partial charge in [-0.05, 0) is 69.7 Å². The summed E-state index contributed by atoms with van der Waals surface area (Å²) < 4.78 is 13.1. The lowest BCUT2D eigenvalue weighted by Crippen LogP contribution is -2.37. The van der Waals surface area contributed by atoms with Gasteiger partial charge in [-0.1, -0.05) is 24.5 Å². The Bertz CT molecular complexity index is 1130. The first-order chi connectivity index (χ1) is 15.0. The molecular formula is C27H29O3S+. The summed E-state index contributed by atoms with van der Waals surface area (Å²) in [4.78, 5) is 13.8. The van der Waals surface area contributed by atoms with E-state index in [9.17, 15) is 4.79 Å². The van der Waals surface area contributed by atoms with Gasteiger partial charge in [0.05, 0.1) is 0 Å². The van der Waals surface area contributed by atoms with Crippen LogP contribution in [0.15, 0.2) is 47.8 Å². The van der Waals surface area contributed by atoms with Gasteiger partial charge in [0.25, 0.3) is 0 Å². The van der Waals surface area contributed by atoms with E-state index < -0.39 is 5.60 Å². The highest BCUT2D eigenvalue weighted by Gasteiger charge is 2.34. The third-order valence-corrected chi connectivity index (χ3v) is 7.88. The second-order valence-electron chi connectivity index (χ2n) is 8.26. The maximum Gasteiger partial charge on any atom is 0.345 e. The predicted molar refractivity (Wildman–Crippen MR) is 128 cm³/mol. The first-order valence-corrected chi connectivity index (χ1v) is 12.2. The number of ether oxygens (including phenoxy) is 2. The van der Waals surface area contributed by atoms with Crippen LogP contribution < -0.4 is 4.74 Å². The third-order valence-electron chi connectivity index (χ3n) is 5.88. The fourth-order valence-electron chi connectivity index (χ4n) is 4.49. The van der Waals surface area contributed by atoms with Crippen LogP contribution in [-0.4, -0.2) is 18.2 Å². The number of aryl methyl sites for hydroxylation is 2. The molecule has 3 nitrogen and oxygen atoms in total. The minimum absolute atomic E-state index is 0.0631. The van der Waals surface area contributed by atoms with Crippen LogP contribution in [0.2, 0.25) is 0 Å². The average molecular weight is 434 g/mol. The molecular weight excluding hydrogens is 404 g/mol. The molecule has 0 bridgehead atoms. The smallest absolute Gasteiger partial charge is 0.345 e. The molecule has 3 aromatic rings. The molecule has 0 N–H and O–H groups in total. The van der Waals surface area contributed by atoms with Crippen molar-refractivity contribution in [2.24, 2.45) is 0 Å². The molecule has 4 heteroatoms. The third kappa shape index (κ3) is 4.62. The molecule has 31 heavy (non-hydrogen) atoms. The van der Waals surface area contributed by atoms with Crippen LogP contribution in [0.3, 0.4) is 0 Å². The molecule has 0 saturated heterocycles. The Morgan fingerprint density at radius 1 is 1.06 bits per heavy atom. The number of fused-ring (bicyclic) bond motifs is 1. The van der Waals surface area contributed by atoms with Gasteiger partial charge in [0.15, 0.2) is 21.8 Å². The van der Waals surface area contributed by atoms with Crippen molar-refractivity contribution < 1.29 is 14.3 Å². The summed E-state index contributed by atoms with van der Waals surface area (Å²) in [6.07, 6.45) is 4.88. The quantitative estimate of drug-likeness (QED) is 0.251. The molecule has 160 valence electrons. The summed E-state index contributed by atoms with van der Waals surface area (Å²) in [6, 6.07) is 15.1. The summed E-state index contributed by atoms with van der Waals surface area (Å²) in [5.41, 5.74) is 1.44. The molecule has 1 aliphatic rings. The Kier molecular flexibility index (Phi) is 6.34. The Hall–Kier alpha value is -2.77. The molecule has 1 atom stereocenters. The number of carbonyl (C=O) groups is 1. The minimum atomic E-state index is -0.634. The van der Waals surface area contributed by atoms with Crippen LogP contribution in [0.1, 0.15) is 50.2 Å². The summed E-state index contributed by atoms with van der Waals surface area (Å²) in [5.74, 6) is 6.50. The van der Waals surface area contributed by atoms with E-state index in [1.165, 1.54) is 21.4 Å². The molecule has 4 rings (SSSR count). The normalized spacial score (nSPS) is 15.8. The number of rotatable bonds is 5. The second kappa shape index (κ2) is 9.16. The monoisotopic (exact) mass is 433 g/mol. The van der Waals surface area contributed by atoms with Crippen molar-refractivity contribution in [1.29, 1.82) is 0 Å². The van der Waals surface area contributed by atoms with Gasteiger partial charge >= 0.3 is 5.97 Å². The van der Waals surface area contributed by atoms with Gasteiger partial charge in [-0.3, -0.25) is 0 Å². The molecule has 0 aliphatic heterocycles. The molecule has 1 unspecified atom stereocenters. The number of thiophene rings is 1. The number of hydrogen-bond donors (Lipinski definition) is 0. The van der Waals surface area contributed by atoms with Crippen LogP contribution >= 0.6 is 10.5 Å². The first-order valence-electron chi connectivity index (χ1n) is 10.9. The fraction of sp³-hybridized carbons (Fsp3) is 0.370. The zero-order valence-electron chi connectivity index (χ0n) is 18.5. The summed E-state index contributed by atoms with van der Waals surface area (Å²) in [7, 11) is -0.0631. The summed E-state index contributed by atoms with van der Waals surface area (Å²) >= 11 is 0. The zero-order chi connectivity index (χ0) is 21.8. The predicted octanol–water partition coefficient (Wildman–Crippen LogP) is 6.84. The fourth-order valence-corrected chi connectivity index (χ4v) is 6.55. The molecule has 1 fully saturated rings. The van der Waals surface area contributed by atoms with Crippen LogP contribution in [0, 0.1) is 25.7 Å². The largest absolute Gasteiger partial charge is 0.481 e. The molecule has 1 saturated carbocycles. The number of benzene rings is 2. The van der Waals surface area contributed by atoms with Crippen molar-refractivity contribution in [2.75, 3.05) is 6.61 Å². The van der Waals surface area contributed by atoms with Crippen LogP contribution in [0.4, 0.5) is 0 Å². The average Bonchev–Trinajstić information content (AvgIpc) is 3.18. The van der Waals surface area contributed by atoms with Crippen molar-refractivity contribution in [3.63, 3.8) is 0 Å². The number of esters is 1. The highest BCUT2D eigenvalue weighted by Crippen LogP contribution is 2.42. The van der Waals surface area contributed by atoms with Crippen molar-refractivity contribution in [1.82, 2.24) is 0 Å². The van der Waals surface area contributed by atoms with E-state index in [2.05, 4.69) is 59.7 Å². The lowest BCUT2D eigenvalue weighted by atomic mass is 9.85. The number of hydrogen-bond acceptors (Lipinski definition) is 3. The lowest BCUT2D eigenvalue weighted by molar-refractivity contribution is -0.159. The maximum atomic E-state index is 12.6. The van der Waals surface area contributed by atoms with Crippen LogP contribution in [0.25, 0.3) is 15.0 Å². The van der Waals surface area contributed by atoms with E-state index in [0.29, 0.717) is 0 Å². The zero-order valence-corrected chi connectivity index (χ0v) is 19.3. The SMILES string of the molecule is CC#CC1(OC(=O)COc2c(C)cc(-[s+]3ccc4ccccc43)cc2C)CCCCC1. The van der Waals surface area contributed by atoms with E-state index >= 15 is 0 Å². The van der Waals surface area contributed by atoms with Gasteiger partial charge in [0.1, 0.15) is 11.1 Å². The molecule has 0 amide bonds. The molecule has 2 aromatic carbocycles. The maximum absolute atomic E-state index is 12.6. The lowest BCUT2D eigenvalue weighted by Gasteiger charge is -2.32. The van der Waals surface area contributed by atoms with Gasteiger partial charge in [0.2, 0.25) is 0 Å². The van der Waals surface area contributed by atoms with Crippen molar-refractivity contribution in [3.05, 3.63) is 59.0 Å². The Morgan fingerprint density at radius 2 is 1.77 bits per heavy atom. The van der Waals surface area contributed by atoms with E-state index in [4.69, 9.17) is 9.47 Å². The number of carbonyl (C=O) groups excluding carboxylic acids is 1. The van der Waals surface area contributed by atoms with Crippen molar-refractivity contribution >= 4 is 26.5 Å². The summed E-state index contributed by atoms with van der Waals surface area (Å²) in [5, 5.41) is 3.56. The van der Waals surface area contributed by atoms with Crippen molar-refractivity contribution in [3.8, 4) is 22.5 Å². The highest BCUT2D eigenvalue weighted by atomic mass is 32.2. The first kappa shape index (κ1) is 21.5. The molecule has 1 heterocycles. The van der Waals surface area contributed by atoms with E-state index in [0.717, 1.165) is 42.6 Å². The van der Waals surface area contributed by atoms with Gasteiger partial charge < -0.3 is 9.47 Å². The molecule has 1 aromatic heterocycles. The Labute approximate surface area is 187 Å². The van der Waals surface area contributed by atoms with Gasteiger partial charge in [-0.15, -0.1) is 5.92 Å². The Morgan fingerprint density at radius 3 is 2.48 bits per heavy atom. The van der Waals surface area contributed by atoms with Crippen LogP contribution in [0.5, 0.6) is 5.75 Å². The van der Waals surface area contributed by atoms with Crippen LogP contribution in [-0.2, 0) is 9.53 Å². The summed E-state index contributed by atoms with van der Waals surface area (Å²) in [6.45, 7) is 5.78.